The molecule has 2 amide bonds. The maximum absolute atomic E-state index is 13.0. The molecule has 0 unspecified atom stereocenters. The molecule has 170 valence electrons. The van der Waals surface area contributed by atoms with Gasteiger partial charge in [0.2, 0.25) is 0 Å². The first-order chi connectivity index (χ1) is 15.8. The number of aromatic nitrogens is 2. The van der Waals surface area contributed by atoms with Crippen LogP contribution in [-0.4, -0.2) is 57.2 Å². The van der Waals surface area contributed by atoms with Crippen molar-refractivity contribution in [2.45, 2.75) is 32.9 Å². The number of furan rings is 1. The van der Waals surface area contributed by atoms with E-state index in [4.69, 9.17) is 9.15 Å². The molecular formula is C24H24N4O5. The van der Waals surface area contributed by atoms with E-state index in [9.17, 15) is 14.7 Å². The summed E-state index contributed by atoms with van der Waals surface area (Å²) in [7, 11) is 1.56. The average Bonchev–Trinajstić information content (AvgIpc) is 3.33. The lowest BCUT2D eigenvalue weighted by atomic mass is 9.99. The van der Waals surface area contributed by atoms with E-state index in [1.807, 2.05) is 32.9 Å². The Balaban J connectivity index is 1.50. The van der Waals surface area contributed by atoms with Gasteiger partial charge in [0.1, 0.15) is 16.8 Å². The van der Waals surface area contributed by atoms with E-state index in [2.05, 4.69) is 10.4 Å². The Morgan fingerprint density at radius 2 is 2.03 bits per heavy atom. The molecular weight excluding hydrogens is 424 g/mol. The lowest BCUT2D eigenvalue weighted by Crippen LogP contribution is -2.60. The quantitative estimate of drug-likeness (QED) is 0.497. The van der Waals surface area contributed by atoms with E-state index in [1.165, 1.54) is 0 Å². The summed E-state index contributed by atoms with van der Waals surface area (Å²) in [6.07, 6.45) is 2.80. The molecule has 1 saturated heterocycles. The predicted octanol–water partition coefficient (Wildman–Crippen LogP) is 3.05. The molecule has 2 N–H and O–H groups in total. The van der Waals surface area contributed by atoms with Gasteiger partial charge in [-0.15, -0.1) is 0 Å². The van der Waals surface area contributed by atoms with Crippen LogP contribution in [0.5, 0.6) is 11.5 Å². The number of nitrogens with one attached hydrogen (secondary N) is 1. The van der Waals surface area contributed by atoms with Crippen LogP contribution in [0.4, 0.5) is 0 Å². The van der Waals surface area contributed by atoms with E-state index >= 15 is 0 Å². The Hall–Kier alpha value is -3.85. The summed E-state index contributed by atoms with van der Waals surface area (Å²) in [5.41, 5.74) is 3.25. The Morgan fingerprint density at radius 3 is 2.73 bits per heavy atom. The number of amides is 2. The van der Waals surface area contributed by atoms with Gasteiger partial charge in [-0.25, -0.2) is 4.52 Å². The number of hydrogen-bond acceptors (Lipinski definition) is 6. The summed E-state index contributed by atoms with van der Waals surface area (Å²) in [6, 6.07) is 6.92. The molecule has 1 aliphatic heterocycles. The number of nitrogens with zero attached hydrogens (tertiary/aromatic N) is 3. The van der Waals surface area contributed by atoms with E-state index in [0.717, 1.165) is 16.5 Å². The highest BCUT2D eigenvalue weighted by Gasteiger charge is 2.38. The maximum Gasteiger partial charge on any atom is 0.287 e. The van der Waals surface area contributed by atoms with Crippen molar-refractivity contribution in [3.05, 3.63) is 59.1 Å². The van der Waals surface area contributed by atoms with Crippen molar-refractivity contribution < 1.29 is 23.8 Å². The van der Waals surface area contributed by atoms with Crippen LogP contribution in [0.3, 0.4) is 0 Å². The van der Waals surface area contributed by atoms with Crippen LogP contribution in [0.25, 0.3) is 16.5 Å². The van der Waals surface area contributed by atoms with Crippen molar-refractivity contribution in [1.29, 1.82) is 0 Å². The summed E-state index contributed by atoms with van der Waals surface area (Å²) in [5, 5.41) is 17.5. The highest BCUT2D eigenvalue weighted by atomic mass is 16.5. The van der Waals surface area contributed by atoms with Crippen molar-refractivity contribution >= 4 is 28.3 Å². The fourth-order valence-electron chi connectivity index (χ4n) is 4.26. The Morgan fingerprint density at radius 1 is 1.24 bits per heavy atom. The minimum Gasteiger partial charge on any atom is -0.455 e. The summed E-state index contributed by atoms with van der Waals surface area (Å²) < 4.78 is 13.5. The van der Waals surface area contributed by atoms with Crippen LogP contribution in [-0.2, 0) is 0 Å². The van der Waals surface area contributed by atoms with Crippen LogP contribution in [0.1, 0.15) is 39.0 Å². The molecule has 3 aromatic heterocycles. The number of rotatable bonds is 4. The molecule has 9 nitrogen and oxygen atoms in total. The standard InChI is InChI=1S/C24H24N4O5/c1-12-17(24(31)27-11-18(29)14(27)3)10-28-21(12)19(7-8-26-28)32-15-5-6-16-13(2)22(23(30)25-4)33-20(16)9-15/h5-10,14,18,29H,11H2,1-4H3,(H,25,30)/t14-,18+/m1/s1. The number of carbonyl (C=O) groups is 2. The number of carbonyl (C=O) groups excluding carboxylic acids is 2. The van der Waals surface area contributed by atoms with Gasteiger partial charge < -0.3 is 24.5 Å². The van der Waals surface area contributed by atoms with Gasteiger partial charge in [0.15, 0.2) is 11.5 Å². The zero-order valence-electron chi connectivity index (χ0n) is 18.7. The number of aliphatic hydroxyl groups is 1. The lowest BCUT2D eigenvalue weighted by molar-refractivity contribution is -0.0357. The first-order valence-corrected chi connectivity index (χ1v) is 10.7. The smallest absolute Gasteiger partial charge is 0.287 e. The van der Waals surface area contributed by atoms with Crippen molar-refractivity contribution in [3.8, 4) is 11.5 Å². The Kier molecular flexibility index (Phi) is 4.86. The SMILES string of the molecule is CNC(=O)c1oc2cc(Oc3ccnn4cc(C(=O)N5C[C@H](O)[C@H]5C)c(C)c34)ccc2c1C. The minimum atomic E-state index is -0.493. The Labute approximate surface area is 189 Å². The first-order valence-electron chi connectivity index (χ1n) is 10.7. The Bertz CT molecular complexity index is 1420. The molecule has 9 heteroatoms. The van der Waals surface area contributed by atoms with E-state index in [-0.39, 0.29) is 23.6 Å². The molecule has 4 heterocycles. The van der Waals surface area contributed by atoms with Crippen molar-refractivity contribution in [3.63, 3.8) is 0 Å². The van der Waals surface area contributed by atoms with Gasteiger partial charge in [0.25, 0.3) is 11.8 Å². The second-order valence-corrected chi connectivity index (χ2v) is 8.32. The topological polar surface area (TPSA) is 109 Å². The van der Waals surface area contributed by atoms with Crippen LogP contribution in [0, 0.1) is 13.8 Å². The number of β-amino-alcohol motifs (C(OH)–C–C–N with tert-alkyl or cyclic N) is 1. The minimum absolute atomic E-state index is 0.143. The molecule has 1 fully saturated rings. The number of aryl methyl sites for hydroxylation is 2. The van der Waals surface area contributed by atoms with Gasteiger partial charge in [-0.05, 0) is 38.5 Å². The lowest BCUT2D eigenvalue weighted by Gasteiger charge is -2.43. The second kappa shape index (κ2) is 7.63. The molecule has 33 heavy (non-hydrogen) atoms. The molecule has 0 spiro atoms. The molecule has 0 aliphatic carbocycles. The molecule has 1 aromatic carbocycles. The molecule has 5 rings (SSSR count). The average molecular weight is 448 g/mol. The van der Waals surface area contributed by atoms with Crippen molar-refractivity contribution in [2.75, 3.05) is 13.6 Å². The monoisotopic (exact) mass is 448 g/mol. The third kappa shape index (κ3) is 3.23. The summed E-state index contributed by atoms with van der Waals surface area (Å²) in [5.74, 6) is 0.906. The number of ether oxygens (including phenoxy) is 1. The first kappa shape index (κ1) is 21.0. The van der Waals surface area contributed by atoms with Gasteiger partial charge in [0, 0.05) is 42.9 Å². The molecule has 2 atom stereocenters. The van der Waals surface area contributed by atoms with E-state index < -0.39 is 6.10 Å². The van der Waals surface area contributed by atoms with Gasteiger partial charge >= 0.3 is 0 Å². The summed E-state index contributed by atoms with van der Waals surface area (Å²) in [6.45, 7) is 5.84. The van der Waals surface area contributed by atoms with Gasteiger partial charge in [-0.3, -0.25) is 9.59 Å². The van der Waals surface area contributed by atoms with Gasteiger partial charge in [0.05, 0.1) is 23.9 Å². The predicted molar refractivity (Wildman–Crippen MR) is 121 cm³/mol. The number of aliphatic hydroxyl groups excluding tert-OH is 1. The van der Waals surface area contributed by atoms with E-state index in [1.54, 1.807) is 41.0 Å². The van der Waals surface area contributed by atoms with Crippen LogP contribution < -0.4 is 10.1 Å². The highest BCUT2D eigenvalue weighted by molar-refractivity contribution is 6.00. The van der Waals surface area contributed by atoms with Crippen LogP contribution >= 0.6 is 0 Å². The third-order valence-electron chi connectivity index (χ3n) is 6.38. The maximum atomic E-state index is 13.0. The molecule has 0 saturated carbocycles. The van der Waals surface area contributed by atoms with Crippen molar-refractivity contribution in [2.24, 2.45) is 0 Å². The molecule has 0 bridgehead atoms. The number of benzene rings is 1. The van der Waals surface area contributed by atoms with Crippen LogP contribution in [0.2, 0.25) is 0 Å². The number of hydrogen-bond donors (Lipinski definition) is 2. The normalized spacial score (nSPS) is 17.9. The number of likely N-dealkylation sites (tertiary alicyclic amines) is 1. The molecule has 4 aromatic rings. The van der Waals surface area contributed by atoms with E-state index in [0.29, 0.717) is 34.7 Å². The molecule has 0 radical (unpaired) electrons. The largest absolute Gasteiger partial charge is 0.455 e. The van der Waals surface area contributed by atoms with Crippen LogP contribution in [0.15, 0.2) is 41.1 Å². The summed E-state index contributed by atoms with van der Waals surface area (Å²) in [4.78, 5) is 26.7. The fraction of sp³-hybridized carbons (Fsp3) is 0.292. The summed E-state index contributed by atoms with van der Waals surface area (Å²) >= 11 is 0. The second-order valence-electron chi connectivity index (χ2n) is 8.32. The fourth-order valence-corrected chi connectivity index (χ4v) is 4.26. The highest BCUT2D eigenvalue weighted by Crippen LogP contribution is 2.34. The zero-order valence-corrected chi connectivity index (χ0v) is 18.7. The van der Waals surface area contributed by atoms with Gasteiger partial charge in [-0.1, -0.05) is 0 Å². The zero-order chi connectivity index (χ0) is 23.4. The van der Waals surface area contributed by atoms with Crippen molar-refractivity contribution in [1.82, 2.24) is 19.8 Å². The molecule has 1 aliphatic rings. The number of fused-ring (bicyclic) bond motifs is 2. The third-order valence-corrected chi connectivity index (χ3v) is 6.38. The van der Waals surface area contributed by atoms with Gasteiger partial charge in [-0.2, -0.15) is 5.10 Å².